The number of methoxy groups -OCH3 is 1. The van der Waals surface area contributed by atoms with Crippen molar-refractivity contribution in [3.63, 3.8) is 0 Å². The first kappa shape index (κ1) is 12.8. The molecule has 1 unspecified atom stereocenters. The highest BCUT2D eigenvalue weighted by Gasteiger charge is 2.20. The van der Waals surface area contributed by atoms with Gasteiger partial charge < -0.3 is 14.6 Å². The monoisotopic (exact) mass is 226 g/mol. The van der Waals surface area contributed by atoms with Gasteiger partial charge in [-0.2, -0.15) is 0 Å². The van der Waals surface area contributed by atoms with Crippen LogP contribution in [-0.4, -0.2) is 31.2 Å². The van der Waals surface area contributed by atoms with Gasteiger partial charge in [0, 0.05) is 18.9 Å². The smallest absolute Gasteiger partial charge is 0.157 e. The number of hydrogen-bond acceptors (Lipinski definition) is 4. The molecule has 0 heterocycles. The summed E-state index contributed by atoms with van der Waals surface area (Å²) >= 11 is 0. The maximum Gasteiger partial charge on any atom is 0.157 e. The first-order chi connectivity index (χ1) is 7.69. The van der Waals surface area contributed by atoms with Crippen LogP contribution in [0.15, 0.2) is 23.7 Å². The number of Topliss-reactive ketones (excluding diaryl/α,β-unsaturated/α-hetero) is 1. The van der Waals surface area contributed by atoms with E-state index in [1.165, 1.54) is 0 Å². The molecular formula is C12H18O4. The molecule has 0 saturated carbocycles. The maximum absolute atomic E-state index is 11.2. The minimum Gasteiger partial charge on any atom is -0.493 e. The van der Waals surface area contributed by atoms with E-state index in [-0.39, 0.29) is 18.3 Å². The average molecular weight is 226 g/mol. The topological polar surface area (TPSA) is 55.8 Å². The number of ketones is 1. The van der Waals surface area contributed by atoms with E-state index < -0.39 is 0 Å². The van der Waals surface area contributed by atoms with Crippen LogP contribution >= 0.6 is 0 Å². The van der Waals surface area contributed by atoms with Crippen molar-refractivity contribution in [3.05, 3.63) is 23.7 Å². The van der Waals surface area contributed by atoms with E-state index in [9.17, 15) is 4.79 Å². The predicted octanol–water partition coefficient (Wildman–Crippen LogP) is 1.41. The fraction of sp³-hybridized carbons (Fsp3) is 0.583. The molecule has 0 fully saturated rings. The number of allylic oxidation sites excluding steroid dienone is 2. The van der Waals surface area contributed by atoms with Gasteiger partial charge in [-0.15, -0.1) is 0 Å². The van der Waals surface area contributed by atoms with Crippen molar-refractivity contribution in [2.45, 2.75) is 19.8 Å². The lowest BCUT2D eigenvalue weighted by Crippen LogP contribution is -2.14. The van der Waals surface area contributed by atoms with Crippen LogP contribution in [0.25, 0.3) is 0 Å². The van der Waals surface area contributed by atoms with E-state index in [0.29, 0.717) is 31.0 Å². The number of rotatable bonds is 6. The number of aliphatic hydroxyl groups is 1. The van der Waals surface area contributed by atoms with Gasteiger partial charge in [0.15, 0.2) is 11.5 Å². The average Bonchev–Trinajstić information content (AvgIpc) is 2.29. The van der Waals surface area contributed by atoms with Crippen molar-refractivity contribution in [2.75, 3.05) is 20.3 Å². The third-order valence-electron chi connectivity index (χ3n) is 2.45. The molecular weight excluding hydrogens is 208 g/mol. The third-order valence-corrected chi connectivity index (χ3v) is 2.45. The molecule has 4 heteroatoms. The number of carbonyl (C=O) groups excluding carboxylic acids is 1. The molecule has 0 aromatic rings. The molecule has 0 bridgehead atoms. The van der Waals surface area contributed by atoms with Crippen molar-refractivity contribution >= 4 is 5.78 Å². The molecule has 1 N–H and O–H groups in total. The zero-order chi connectivity index (χ0) is 12.0. The number of hydrogen-bond donors (Lipinski definition) is 1. The molecule has 0 saturated heterocycles. The summed E-state index contributed by atoms with van der Waals surface area (Å²) in [4.78, 5) is 11.2. The molecule has 4 nitrogen and oxygen atoms in total. The van der Waals surface area contributed by atoms with Gasteiger partial charge in [-0.05, 0) is 25.5 Å². The Morgan fingerprint density at radius 2 is 2.31 bits per heavy atom. The molecule has 16 heavy (non-hydrogen) atoms. The molecule has 1 rings (SSSR count). The summed E-state index contributed by atoms with van der Waals surface area (Å²) < 4.78 is 10.6. The van der Waals surface area contributed by atoms with E-state index in [4.69, 9.17) is 14.6 Å². The molecule has 1 aliphatic rings. The second kappa shape index (κ2) is 6.33. The molecule has 1 aliphatic carbocycles. The third kappa shape index (κ3) is 3.38. The van der Waals surface area contributed by atoms with Crippen LogP contribution < -0.4 is 0 Å². The van der Waals surface area contributed by atoms with Gasteiger partial charge in [-0.25, -0.2) is 0 Å². The maximum atomic E-state index is 11.2. The molecule has 1 atom stereocenters. The van der Waals surface area contributed by atoms with Crippen LogP contribution in [0.4, 0.5) is 0 Å². The molecule has 0 aromatic heterocycles. The number of aliphatic hydroxyl groups excluding tert-OH is 1. The van der Waals surface area contributed by atoms with Gasteiger partial charge in [-0.3, -0.25) is 4.79 Å². The van der Waals surface area contributed by atoms with E-state index in [1.807, 2.05) is 6.08 Å². The lowest BCUT2D eigenvalue weighted by atomic mass is 9.95. The minimum atomic E-state index is -0.111. The minimum absolute atomic E-state index is 0.107. The second-order valence-electron chi connectivity index (χ2n) is 3.68. The summed E-state index contributed by atoms with van der Waals surface area (Å²) in [6, 6.07) is 0. The van der Waals surface area contributed by atoms with Crippen molar-refractivity contribution in [2.24, 2.45) is 5.92 Å². The van der Waals surface area contributed by atoms with E-state index in [2.05, 4.69) is 0 Å². The Labute approximate surface area is 95.6 Å². The van der Waals surface area contributed by atoms with Gasteiger partial charge in [0.25, 0.3) is 0 Å². The Kier molecular flexibility index (Phi) is 5.05. The molecule has 0 aromatic carbocycles. The van der Waals surface area contributed by atoms with Crippen LogP contribution in [0.3, 0.4) is 0 Å². The Balaban J connectivity index is 2.59. The Hall–Kier alpha value is -1.29. The fourth-order valence-corrected chi connectivity index (χ4v) is 1.50. The number of ether oxygens (including phenoxy) is 2. The molecule has 0 aliphatic heterocycles. The first-order valence-corrected chi connectivity index (χ1v) is 5.39. The van der Waals surface area contributed by atoms with Crippen LogP contribution in [0.2, 0.25) is 0 Å². The van der Waals surface area contributed by atoms with Crippen LogP contribution in [-0.2, 0) is 14.3 Å². The fourth-order valence-electron chi connectivity index (χ4n) is 1.50. The van der Waals surface area contributed by atoms with Crippen LogP contribution in [0, 0.1) is 5.92 Å². The molecule has 0 spiro atoms. The zero-order valence-electron chi connectivity index (χ0n) is 9.73. The summed E-state index contributed by atoms with van der Waals surface area (Å²) in [6.07, 6.45) is 4.89. The SMILES string of the molecule is COC1=CC(C(C)=O)CC=C1OCCCO. The molecule has 90 valence electrons. The van der Waals surface area contributed by atoms with E-state index in [0.717, 1.165) is 0 Å². The summed E-state index contributed by atoms with van der Waals surface area (Å²) in [7, 11) is 1.55. The van der Waals surface area contributed by atoms with Gasteiger partial charge in [0.1, 0.15) is 5.78 Å². The molecule has 0 amide bonds. The predicted molar refractivity (Wildman–Crippen MR) is 59.6 cm³/mol. The van der Waals surface area contributed by atoms with Crippen molar-refractivity contribution in [1.82, 2.24) is 0 Å². The lowest BCUT2D eigenvalue weighted by Gasteiger charge is -2.19. The summed E-state index contributed by atoms with van der Waals surface area (Å²) in [6.45, 7) is 2.13. The largest absolute Gasteiger partial charge is 0.493 e. The van der Waals surface area contributed by atoms with Crippen molar-refractivity contribution in [3.8, 4) is 0 Å². The lowest BCUT2D eigenvalue weighted by molar-refractivity contribution is -0.119. The molecule has 0 radical (unpaired) electrons. The quantitative estimate of drug-likeness (QED) is 0.696. The van der Waals surface area contributed by atoms with Gasteiger partial charge >= 0.3 is 0 Å². The zero-order valence-corrected chi connectivity index (χ0v) is 9.73. The van der Waals surface area contributed by atoms with Gasteiger partial charge in [0.05, 0.1) is 13.7 Å². The highest BCUT2D eigenvalue weighted by Crippen LogP contribution is 2.24. The highest BCUT2D eigenvalue weighted by atomic mass is 16.5. The summed E-state index contributed by atoms with van der Waals surface area (Å²) in [5.41, 5.74) is 0. The summed E-state index contributed by atoms with van der Waals surface area (Å²) in [5, 5.41) is 8.64. The normalized spacial score (nSPS) is 19.8. The van der Waals surface area contributed by atoms with Crippen molar-refractivity contribution in [1.29, 1.82) is 0 Å². The van der Waals surface area contributed by atoms with E-state index >= 15 is 0 Å². The van der Waals surface area contributed by atoms with Gasteiger partial charge in [-0.1, -0.05) is 0 Å². The highest BCUT2D eigenvalue weighted by molar-refractivity contribution is 5.80. The first-order valence-electron chi connectivity index (χ1n) is 5.39. The van der Waals surface area contributed by atoms with Gasteiger partial charge in [0.2, 0.25) is 0 Å². The number of carbonyl (C=O) groups is 1. The summed E-state index contributed by atoms with van der Waals surface area (Å²) in [5.74, 6) is 1.28. The van der Waals surface area contributed by atoms with E-state index in [1.54, 1.807) is 20.1 Å². The van der Waals surface area contributed by atoms with Crippen LogP contribution in [0.5, 0.6) is 0 Å². The van der Waals surface area contributed by atoms with Crippen molar-refractivity contribution < 1.29 is 19.4 Å². The standard InChI is InChI=1S/C12H18O4/c1-9(14)10-4-5-11(12(8-10)15-2)16-7-3-6-13/h5,8,10,13H,3-4,6-7H2,1-2H3. The van der Waals surface area contributed by atoms with Crippen LogP contribution in [0.1, 0.15) is 19.8 Å². The Morgan fingerprint density at radius 3 is 2.88 bits per heavy atom. The Morgan fingerprint density at radius 1 is 1.56 bits per heavy atom. The second-order valence-corrected chi connectivity index (χ2v) is 3.68. The Bertz CT molecular complexity index is 304.